The van der Waals surface area contributed by atoms with Crippen LogP contribution in [0, 0.1) is 21.4 Å². The van der Waals surface area contributed by atoms with Gasteiger partial charge in [-0.05, 0) is 17.7 Å². The van der Waals surface area contributed by atoms with E-state index in [1.54, 1.807) is 11.0 Å². The van der Waals surface area contributed by atoms with Crippen LogP contribution in [0.5, 0.6) is 0 Å². The van der Waals surface area contributed by atoms with Gasteiger partial charge in [0.1, 0.15) is 5.69 Å². The van der Waals surface area contributed by atoms with Crippen molar-refractivity contribution >= 4 is 11.4 Å². The summed E-state index contributed by atoms with van der Waals surface area (Å²) in [6, 6.07) is 6.47. The van der Waals surface area contributed by atoms with Gasteiger partial charge in [-0.3, -0.25) is 10.1 Å². The number of aliphatic hydroxyl groups excluding tert-OH is 1. The summed E-state index contributed by atoms with van der Waals surface area (Å²) >= 11 is 0. The van der Waals surface area contributed by atoms with Crippen molar-refractivity contribution in [2.75, 3.05) is 24.6 Å². The summed E-state index contributed by atoms with van der Waals surface area (Å²) in [5.74, 6) is 0. The average Bonchev–Trinajstić information content (AvgIpc) is 2.46. The van der Waals surface area contributed by atoms with Crippen LogP contribution < -0.4 is 4.90 Å². The van der Waals surface area contributed by atoms with Gasteiger partial charge in [-0.2, -0.15) is 5.26 Å². The van der Waals surface area contributed by atoms with Crippen molar-refractivity contribution in [1.29, 1.82) is 5.26 Å². The van der Waals surface area contributed by atoms with Crippen molar-refractivity contribution < 1.29 is 14.8 Å². The Bertz CT molecular complexity index is 526. The van der Waals surface area contributed by atoms with Gasteiger partial charge < -0.3 is 14.7 Å². The summed E-state index contributed by atoms with van der Waals surface area (Å²) in [5, 5.41) is 29.0. The number of nitro benzene ring substituents is 1. The fraction of sp³-hybridized carbons (Fsp3) is 0.417. The van der Waals surface area contributed by atoms with Gasteiger partial charge in [-0.1, -0.05) is 0 Å². The first kappa shape index (κ1) is 13.3. The summed E-state index contributed by atoms with van der Waals surface area (Å²) in [4.78, 5) is 12.3. The van der Waals surface area contributed by atoms with Gasteiger partial charge in [-0.15, -0.1) is 0 Å². The van der Waals surface area contributed by atoms with Crippen molar-refractivity contribution in [3.8, 4) is 6.07 Å². The molecule has 0 amide bonds. The first-order valence-electron chi connectivity index (χ1n) is 5.80. The third kappa shape index (κ3) is 2.81. The Morgan fingerprint density at radius 2 is 2.42 bits per heavy atom. The predicted octanol–water partition coefficient (Wildman–Crippen LogP) is 0.816. The number of anilines is 1. The van der Waals surface area contributed by atoms with Crippen LogP contribution in [0.4, 0.5) is 11.4 Å². The van der Waals surface area contributed by atoms with Gasteiger partial charge in [0.25, 0.3) is 5.69 Å². The molecule has 100 valence electrons. The molecule has 0 bridgehead atoms. The standard InChI is InChI=1S/C12H13N3O4/c13-6-10-7-14(3-4-19-10)12-5-9(8-16)1-2-11(12)15(17)18/h1-2,5,10,16H,3-4,7-8H2. The number of benzene rings is 1. The first-order valence-corrected chi connectivity index (χ1v) is 5.80. The number of nitrogens with zero attached hydrogens (tertiary/aromatic N) is 3. The van der Waals surface area contributed by atoms with E-state index < -0.39 is 11.0 Å². The van der Waals surface area contributed by atoms with E-state index in [-0.39, 0.29) is 18.8 Å². The Kier molecular flexibility index (Phi) is 3.94. The number of aliphatic hydroxyl groups is 1. The van der Waals surface area contributed by atoms with Crippen LogP contribution in [-0.2, 0) is 11.3 Å². The Balaban J connectivity index is 2.36. The smallest absolute Gasteiger partial charge is 0.292 e. The molecule has 7 nitrogen and oxygen atoms in total. The van der Waals surface area contributed by atoms with Crippen molar-refractivity contribution in [2.24, 2.45) is 0 Å². The fourth-order valence-electron chi connectivity index (χ4n) is 2.02. The van der Waals surface area contributed by atoms with Crippen LogP contribution in [0.3, 0.4) is 0 Å². The maximum atomic E-state index is 11.0. The number of nitriles is 1. The van der Waals surface area contributed by atoms with Gasteiger partial charge >= 0.3 is 0 Å². The monoisotopic (exact) mass is 263 g/mol. The molecule has 2 rings (SSSR count). The number of nitro groups is 1. The molecule has 1 aromatic rings. The normalized spacial score (nSPS) is 18.9. The Labute approximate surface area is 109 Å². The van der Waals surface area contributed by atoms with E-state index in [9.17, 15) is 10.1 Å². The van der Waals surface area contributed by atoms with Crippen LogP contribution >= 0.6 is 0 Å². The highest BCUT2D eigenvalue weighted by molar-refractivity contribution is 5.65. The number of hydrogen-bond acceptors (Lipinski definition) is 6. The van der Waals surface area contributed by atoms with Crippen LogP contribution in [0.15, 0.2) is 18.2 Å². The molecule has 1 aromatic carbocycles. The van der Waals surface area contributed by atoms with E-state index in [2.05, 4.69) is 0 Å². The molecule has 7 heteroatoms. The highest BCUT2D eigenvalue weighted by atomic mass is 16.6. The summed E-state index contributed by atoms with van der Waals surface area (Å²) in [6.45, 7) is 0.926. The summed E-state index contributed by atoms with van der Waals surface area (Å²) in [7, 11) is 0. The third-order valence-corrected chi connectivity index (χ3v) is 2.97. The van der Waals surface area contributed by atoms with Crippen LogP contribution in [0.2, 0.25) is 0 Å². The molecule has 1 saturated heterocycles. The van der Waals surface area contributed by atoms with Crippen molar-refractivity contribution in [3.63, 3.8) is 0 Å². The lowest BCUT2D eigenvalue weighted by molar-refractivity contribution is -0.384. The van der Waals surface area contributed by atoms with E-state index >= 15 is 0 Å². The Hall–Kier alpha value is -2.17. The topological polar surface area (TPSA) is 99.6 Å². The summed E-state index contributed by atoms with van der Waals surface area (Å²) in [5.41, 5.74) is 0.983. The zero-order chi connectivity index (χ0) is 13.8. The third-order valence-electron chi connectivity index (χ3n) is 2.97. The molecule has 1 unspecified atom stereocenters. The number of hydrogen-bond donors (Lipinski definition) is 1. The van der Waals surface area contributed by atoms with E-state index in [1.165, 1.54) is 12.1 Å². The van der Waals surface area contributed by atoms with Crippen LogP contribution in [0.1, 0.15) is 5.56 Å². The maximum Gasteiger partial charge on any atom is 0.292 e. The molecule has 1 fully saturated rings. The second-order valence-electron chi connectivity index (χ2n) is 4.17. The second-order valence-corrected chi connectivity index (χ2v) is 4.17. The molecule has 1 N–H and O–H groups in total. The summed E-state index contributed by atoms with van der Waals surface area (Å²) in [6.07, 6.45) is -0.592. The van der Waals surface area contributed by atoms with Gasteiger partial charge in [0, 0.05) is 12.6 Å². The zero-order valence-electron chi connectivity index (χ0n) is 10.2. The second kappa shape index (κ2) is 5.65. The van der Waals surface area contributed by atoms with Crippen molar-refractivity contribution in [2.45, 2.75) is 12.7 Å². The number of ether oxygens (including phenoxy) is 1. The minimum absolute atomic E-state index is 0.0317. The lowest BCUT2D eigenvalue weighted by Crippen LogP contribution is -2.42. The molecular weight excluding hydrogens is 250 g/mol. The maximum absolute atomic E-state index is 11.0. The van der Waals surface area contributed by atoms with E-state index in [1.807, 2.05) is 6.07 Å². The van der Waals surface area contributed by atoms with Gasteiger partial charge in [-0.25, -0.2) is 0 Å². The van der Waals surface area contributed by atoms with Crippen LogP contribution in [0.25, 0.3) is 0 Å². The Morgan fingerprint density at radius 3 is 3.05 bits per heavy atom. The SMILES string of the molecule is N#CC1CN(c2cc(CO)ccc2[N+](=O)[O-])CCO1. The molecule has 0 saturated carbocycles. The van der Waals surface area contributed by atoms with Crippen molar-refractivity contribution in [1.82, 2.24) is 0 Å². The average molecular weight is 263 g/mol. The molecule has 0 aliphatic carbocycles. The van der Waals surface area contributed by atoms with Gasteiger partial charge in [0.15, 0.2) is 6.10 Å². The number of rotatable bonds is 3. The van der Waals surface area contributed by atoms with Gasteiger partial charge in [0.05, 0.1) is 30.8 Å². The molecule has 0 spiro atoms. The Morgan fingerprint density at radius 1 is 1.63 bits per heavy atom. The molecule has 0 aromatic heterocycles. The summed E-state index contributed by atoms with van der Waals surface area (Å²) < 4.78 is 5.21. The molecule has 1 atom stereocenters. The van der Waals surface area contributed by atoms with Gasteiger partial charge in [0.2, 0.25) is 0 Å². The molecule has 19 heavy (non-hydrogen) atoms. The van der Waals surface area contributed by atoms with Crippen LogP contribution in [-0.4, -0.2) is 35.8 Å². The largest absolute Gasteiger partial charge is 0.392 e. The fourth-order valence-corrected chi connectivity index (χ4v) is 2.02. The molecule has 1 aliphatic rings. The van der Waals surface area contributed by atoms with Crippen molar-refractivity contribution in [3.05, 3.63) is 33.9 Å². The molecular formula is C12H13N3O4. The zero-order valence-corrected chi connectivity index (χ0v) is 10.2. The highest BCUT2D eigenvalue weighted by Gasteiger charge is 2.26. The molecule has 1 aliphatic heterocycles. The first-order chi connectivity index (χ1) is 9.15. The molecule has 0 radical (unpaired) electrons. The number of morpholine rings is 1. The highest BCUT2D eigenvalue weighted by Crippen LogP contribution is 2.30. The lowest BCUT2D eigenvalue weighted by Gasteiger charge is -2.31. The predicted molar refractivity (Wildman–Crippen MR) is 66.6 cm³/mol. The van der Waals surface area contributed by atoms with E-state index in [0.717, 1.165) is 0 Å². The minimum Gasteiger partial charge on any atom is -0.392 e. The van der Waals surface area contributed by atoms with E-state index in [4.69, 9.17) is 15.1 Å². The molecule has 1 heterocycles. The van der Waals surface area contributed by atoms with E-state index in [0.29, 0.717) is 24.4 Å². The minimum atomic E-state index is -0.592. The lowest BCUT2D eigenvalue weighted by atomic mass is 10.1. The quantitative estimate of drug-likeness (QED) is 0.640.